The zero-order chi connectivity index (χ0) is 26.3. The highest BCUT2D eigenvalue weighted by atomic mass is 16.5. The summed E-state index contributed by atoms with van der Waals surface area (Å²) in [6, 6.07) is 37.6. The van der Waals surface area contributed by atoms with Crippen LogP contribution in [0.2, 0.25) is 0 Å². The van der Waals surface area contributed by atoms with Crippen LogP contribution in [0.1, 0.15) is 21.5 Å². The van der Waals surface area contributed by atoms with Crippen molar-refractivity contribution in [3.63, 3.8) is 0 Å². The van der Waals surface area contributed by atoms with Crippen molar-refractivity contribution in [2.45, 2.75) is 19.1 Å². The van der Waals surface area contributed by atoms with Crippen LogP contribution in [0.5, 0.6) is 5.75 Å². The first-order chi connectivity index (χ1) is 18.5. The number of aliphatic carboxylic acids is 1. The number of hydrogen-bond acceptors (Lipinski definition) is 3. The van der Waals surface area contributed by atoms with E-state index >= 15 is 0 Å². The van der Waals surface area contributed by atoms with Crippen LogP contribution < -0.4 is 10.1 Å². The van der Waals surface area contributed by atoms with E-state index in [-0.39, 0.29) is 6.42 Å². The molecular weight excluding hydrogens is 474 g/mol. The molecule has 0 aliphatic heterocycles. The molecule has 1 atom stereocenters. The number of amides is 1. The highest BCUT2D eigenvalue weighted by Crippen LogP contribution is 2.24. The van der Waals surface area contributed by atoms with Gasteiger partial charge in [-0.2, -0.15) is 0 Å². The van der Waals surface area contributed by atoms with E-state index < -0.39 is 17.9 Å². The van der Waals surface area contributed by atoms with E-state index in [9.17, 15) is 14.7 Å². The van der Waals surface area contributed by atoms with Gasteiger partial charge in [0.15, 0.2) is 0 Å². The van der Waals surface area contributed by atoms with Gasteiger partial charge in [0.2, 0.25) is 0 Å². The van der Waals surface area contributed by atoms with Gasteiger partial charge < -0.3 is 15.2 Å². The molecule has 0 spiro atoms. The van der Waals surface area contributed by atoms with E-state index in [1.807, 2.05) is 109 Å². The quantitative estimate of drug-likeness (QED) is 0.241. The average Bonchev–Trinajstić information content (AvgIpc) is 2.96. The van der Waals surface area contributed by atoms with Gasteiger partial charge >= 0.3 is 5.97 Å². The fourth-order valence-corrected chi connectivity index (χ4v) is 4.34. The Labute approximate surface area is 221 Å². The van der Waals surface area contributed by atoms with Crippen molar-refractivity contribution in [1.82, 2.24) is 5.32 Å². The van der Waals surface area contributed by atoms with E-state index in [4.69, 9.17) is 4.74 Å². The Balaban J connectivity index is 1.24. The molecule has 0 saturated carbocycles. The third kappa shape index (κ3) is 6.08. The SMILES string of the molecule is O=C(NC(Cc1ccc(-c2ccccc2)cc1)C(=O)O)c1ccc2cc(OCc3ccccc3)ccc2c1. The minimum absolute atomic E-state index is 0.186. The highest BCUT2D eigenvalue weighted by Gasteiger charge is 2.21. The monoisotopic (exact) mass is 501 g/mol. The van der Waals surface area contributed by atoms with Crippen molar-refractivity contribution in [2.75, 3.05) is 0 Å². The number of nitrogens with one attached hydrogen (secondary N) is 1. The van der Waals surface area contributed by atoms with Crippen molar-refractivity contribution in [3.05, 3.63) is 138 Å². The van der Waals surface area contributed by atoms with Crippen LogP contribution in [0.4, 0.5) is 0 Å². The topological polar surface area (TPSA) is 75.6 Å². The lowest BCUT2D eigenvalue weighted by molar-refractivity contribution is -0.139. The molecule has 5 aromatic rings. The highest BCUT2D eigenvalue weighted by molar-refractivity contribution is 6.00. The fraction of sp³-hybridized carbons (Fsp3) is 0.0909. The average molecular weight is 502 g/mol. The molecule has 1 amide bonds. The Kier molecular flexibility index (Phi) is 7.46. The maximum Gasteiger partial charge on any atom is 0.326 e. The van der Waals surface area contributed by atoms with Gasteiger partial charge in [-0.15, -0.1) is 0 Å². The van der Waals surface area contributed by atoms with Crippen LogP contribution in [-0.4, -0.2) is 23.0 Å². The summed E-state index contributed by atoms with van der Waals surface area (Å²) in [7, 11) is 0. The number of carbonyl (C=O) groups is 2. The molecule has 0 fully saturated rings. The second kappa shape index (κ2) is 11.4. The summed E-state index contributed by atoms with van der Waals surface area (Å²) in [5, 5.41) is 14.2. The van der Waals surface area contributed by atoms with Gasteiger partial charge in [-0.3, -0.25) is 4.79 Å². The van der Waals surface area contributed by atoms with Gasteiger partial charge in [0.25, 0.3) is 5.91 Å². The van der Waals surface area contributed by atoms with Crippen LogP contribution in [0, 0.1) is 0 Å². The molecule has 5 aromatic carbocycles. The third-order valence-electron chi connectivity index (χ3n) is 6.43. The van der Waals surface area contributed by atoms with Crippen LogP contribution in [0.15, 0.2) is 121 Å². The minimum Gasteiger partial charge on any atom is -0.489 e. The van der Waals surface area contributed by atoms with Crippen LogP contribution >= 0.6 is 0 Å². The molecular formula is C33H27NO4. The van der Waals surface area contributed by atoms with E-state index in [1.54, 1.807) is 12.1 Å². The molecule has 0 saturated heterocycles. The smallest absolute Gasteiger partial charge is 0.326 e. The number of rotatable bonds is 9. The van der Waals surface area contributed by atoms with Gasteiger partial charge in [0, 0.05) is 12.0 Å². The fourth-order valence-electron chi connectivity index (χ4n) is 4.34. The number of carbonyl (C=O) groups excluding carboxylic acids is 1. The standard InChI is InChI=1S/C33H27NO4/c35-32(34-31(33(36)37)19-23-11-13-26(14-12-23)25-9-5-2-6-10-25)29-16-15-28-21-30(18-17-27(28)20-29)38-22-24-7-3-1-4-8-24/h1-18,20-21,31H,19,22H2,(H,34,35)(H,36,37). The lowest BCUT2D eigenvalue weighted by atomic mass is 10.0. The molecule has 38 heavy (non-hydrogen) atoms. The Bertz CT molecular complexity index is 1550. The molecule has 5 nitrogen and oxygen atoms in total. The molecule has 2 N–H and O–H groups in total. The summed E-state index contributed by atoms with van der Waals surface area (Å²) in [5.41, 5.74) is 4.46. The van der Waals surface area contributed by atoms with Crippen molar-refractivity contribution >= 4 is 22.6 Å². The molecule has 0 bridgehead atoms. The second-order valence-corrected chi connectivity index (χ2v) is 9.13. The number of carboxylic acids is 1. The van der Waals surface area contributed by atoms with E-state index in [1.165, 1.54) is 0 Å². The largest absolute Gasteiger partial charge is 0.489 e. The Morgan fingerprint density at radius 1 is 0.684 bits per heavy atom. The van der Waals surface area contributed by atoms with Crippen molar-refractivity contribution in [1.29, 1.82) is 0 Å². The number of benzene rings is 5. The summed E-state index contributed by atoms with van der Waals surface area (Å²) in [4.78, 5) is 24.9. The van der Waals surface area contributed by atoms with E-state index in [0.29, 0.717) is 12.2 Å². The minimum atomic E-state index is -1.08. The summed E-state index contributed by atoms with van der Waals surface area (Å²) in [6.45, 7) is 0.471. The van der Waals surface area contributed by atoms with Crippen LogP contribution in [0.25, 0.3) is 21.9 Å². The summed E-state index contributed by atoms with van der Waals surface area (Å²) in [5.74, 6) is -0.765. The number of fused-ring (bicyclic) bond motifs is 1. The number of hydrogen-bond donors (Lipinski definition) is 2. The number of carboxylic acid groups (broad SMARTS) is 1. The number of ether oxygens (including phenoxy) is 1. The molecule has 0 aromatic heterocycles. The van der Waals surface area contributed by atoms with Gasteiger partial charge in [0.05, 0.1) is 0 Å². The van der Waals surface area contributed by atoms with Crippen LogP contribution in [0.3, 0.4) is 0 Å². The van der Waals surface area contributed by atoms with E-state index in [0.717, 1.165) is 38.8 Å². The summed E-state index contributed by atoms with van der Waals surface area (Å²) in [6.07, 6.45) is 0.186. The third-order valence-corrected chi connectivity index (χ3v) is 6.43. The maximum atomic E-state index is 13.0. The van der Waals surface area contributed by atoms with Gasteiger partial charge in [0.1, 0.15) is 18.4 Å². The maximum absolute atomic E-state index is 13.0. The van der Waals surface area contributed by atoms with Crippen LogP contribution in [-0.2, 0) is 17.8 Å². The molecule has 0 aliphatic carbocycles. The van der Waals surface area contributed by atoms with Gasteiger partial charge in [-0.25, -0.2) is 4.79 Å². The molecule has 0 aliphatic rings. The molecule has 5 rings (SSSR count). The first-order valence-corrected chi connectivity index (χ1v) is 12.4. The first kappa shape index (κ1) is 24.8. The van der Waals surface area contributed by atoms with Crippen molar-refractivity contribution < 1.29 is 19.4 Å². The predicted octanol–water partition coefficient (Wildman–Crippen LogP) is 6.51. The lowest BCUT2D eigenvalue weighted by Gasteiger charge is -2.15. The molecule has 0 radical (unpaired) electrons. The molecule has 0 heterocycles. The first-order valence-electron chi connectivity index (χ1n) is 12.4. The van der Waals surface area contributed by atoms with Gasteiger partial charge in [-0.05, 0) is 57.3 Å². The normalized spacial score (nSPS) is 11.6. The Hall–Kier alpha value is -4.90. The zero-order valence-corrected chi connectivity index (χ0v) is 20.7. The van der Waals surface area contributed by atoms with Crippen molar-refractivity contribution in [3.8, 4) is 16.9 Å². The Morgan fingerprint density at radius 2 is 1.32 bits per heavy atom. The van der Waals surface area contributed by atoms with Crippen molar-refractivity contribution in [2.24, 2.45) is 0 Å². The Morgan fingerprint density at radius 3 is 2.03 bits per heavy atom. The zero-order valence-electron chi connectivity index (χ0n) is 20.7. The summed E-state index contributed by atoms with van der Waals surface area (Å²) < 4.78 is 5.90. The predicted molar refractivity (Wildman–Crippen MR) is 149 cm³/mol. The van der Waals surface area contributed by atoms with Gasteiger partial charge in [-0.1, -0.05) is 97.1 Å². The second-order valence-electron chi connectivity index (χ2n) is 9.13. The molecule has 1 unspecified atom stereocenters. The molecule has 5 heteroatoms. The molecule has 188 valence electrons. The van der Waals surface area contributed by atoms with E-state index in [2.05, 4.69) is 5.32 Å². The lowest BCUT2D eigenvalue weighted by Crippen LogP contribution is -2.42. The summed E-state index contributed by atoms with van der Waals surface area (Å²) >= 11 is 0.